The highest BCUT2D eigenvalue weighted by Crippen LogP contribution is 2.17. The Kier molecular flexibility index (Phi) is 60.2. The number of hydrogen-bond donors (Lipinski definition) is 0. The minimum Gasteiger partial charge on any atom is -0.462 e. The smallest absolute Gasteiger partial charge is 0.306 e. The van der Waals surface area contributed by atoms with Gasteiger partial charge in [-0.15, -0.1) is 0 Å². The summed E-state index contributed by atoms with van der Waals surface area (Å²) in [6.07, 6.45) is 75.7. The van der Waals surface area contributed by atoms with Gasteiger partial charge in [-0.25, -0.2) is 0 Å². The topological polar surface area (TPSA) is 78.9 Å². The number of carbonyl (C=O) groups is 3. The number of rotatable bonds is 60. The summed E-state index contributed by atoms with van der Waals surface area (Å²) >= 11 is 0. The lowest BCUT2D eigenvalue weighted by atomic mass is 10.0. The van der Waals surface area contributed by atoms with Crippen LogP contribution in [0.25, 0.3) is 0 Å². The Morgan fingerprint density at radius 3 is 0.699 bits per heavy atom. The number of carbonyl (C=O) groups excluding carboxylic acids is 3. The molecule has 1 atom stereocenters. The molecule has 0 aromatic carbocycles. The van der Waals surface area contributed by atoms with Crippen molar-refractivity contribution >= 4 is 17.9 Å². The van der Waals surface area contributed by atoms with Crippen molar-refractivity contribution in [2.45, 2.75) is 361 Å². The first-order chi connectivity index (χ1) is 36.0. The van der Waals surface area contributed by atoms with Crippen LogP contribution >= 0.6 is 0 Å². The largest absolute Gasteiger partial charge is 0.462 e. The van der Waals surface area contributed by atoms with Gasteiger partial charge in [0.25, 0.3) is 0 Å². The Balaban J connectivity index is 4.32. The van der Waals surface area contributed by atoms with Gasteiger partial charge in [-0.05, 0) is 96.3 Å². The Morgan fingerprint density at radius 1 is 0.260 bits per heavy atom. The fourth-order valence-corrected chi connectivity index (χ4v) is 9.67. The fourth-order valence-electron chi connectivity index (χ4n) is 9.67. The van der Waals surface area contributed by atoms with E-state index in [1.54, 1.807) is 0 Å². The van der Waals surface area contributed by atoms with E-state index in [-0.39, 0.29) is 31.1 Å². The molecule has 428 valence electrons. The standard InChI is InChI=1S/C67H124O6/c1-4-7-10-13-16-19-22-25-28-30-32-33-35-37-40-43-46-49-52-55-58-61-67(70)73-64(62-71-65(68)59-56-53-50-47-44-41-38-27-24-21-18-15-12-9-6-3)63-72-66(69)60-57-54-51-48-45-42-39-36-34-31-29-26-23-20-17-14-11-8-5-2/h21,24-26,28-29,64H,4-20,22-23,27,30-63H2,1-3H3/b24-21-,28-25-,29-26-/t64-/m0/s1. The number of unbranched alkanes of at least 4 members (excludes halogenated alkanes) is 43. The molecular formula is C67H124O6. The molecule has 0 aliphatic heterocycles. The van der Waals surface area contributed by atoms with E-state index in [9.17, 15) is 14.4 Å². The quantitative estimate of drug-likeness (QED) is 0.0261. The first-order valence-corrected chi connectivity index (χ1v) is 32.5. The zero-order valence-electron chi connectivity index (χ0n) is 49.2. The molecule has 0 radical (unpaired) electrons. The van der Waals surface area contributed by atoms with Crippen molar-refractivity contribution in [3.63, 3.8) is 0 Å². The van der Waals surface area contributed by atoms with Crippen molar-refractivity contribution in [1.82, 2.24) is 0 Å². The molecular weight excluding hydrogens is 901 g/mol. The van der Waals surface area contributed by atoms with Crippen LogP contribution in [0.15, 0.2) is 36.5 Å². The van der Waals surface area contributed by atoms with Crippen molar-refractivity contribution in [2.75, 3.05) is 13.2 Å². The molecule has 6 nitrogen and oxygen atoms in total. The highest BCUT2D eigenvalue weighted by molar-refractivity contribution is 5.71. The second-order valence-electron chi connectivity index (χ2n) is 22.0. The van der Waals surface area contributed by atoms with Crippen molar-refractivity contribution in [1.29, 1.82) is 0 Å². The van der Waals surface area contributed by atoms with Gasteiger partial charge in [0.05, 0.1) is 0 Å². The maximum absolute atomic E-state index is 12.9. The second kappa shape index (κ2) is 62.2. The Hall–Kier alpha value is -2.37. The first-order valence-electron chi connectivity index (χ1n) is 32.5. The first kappa shape index (κ1) is 70.6. The highest BCUT2D eigenvalue weighted by Gasteiger charge is 2.19. The summed E-state index contributed by atoms with van der Waals surface area (Å²) in [5.74, 6) is -0.856. The molecule has 0 aliphatic rings. The van der Waals surface area contributed by atoms with Gasteiger partial charge in [0.1, 0.15) is 13.2 Å². The summed E-state index contributed by atoms with van der Waals surface area (Å²) in [7, 11) is 0. The van der Waals surface area contributed by atoms with E-state index in [2.05, 4.69) is 57.2 Å². The van der Waals surface area contributed by atoms with Crippen LogP contribution in [-0.2, 0) is 28.6 Å². The lowest BCUT2D eigenvalue weighted by molar-refractivity contribution is -0.167. The molecule has 0 bridgehead atoms. The van der Waals surface area contributed by atoms with E-state index in [4.69, 9.17) is 14.2 Å². The summed E-state index contributed by atoms with van der Waals surface area (Å²) in [5, 5.41) is 0. The van der Waals surface area contributed by atoms with Gasteiger partial charge >= 0.3 is 17.9 Å². The minimum atomic E-state index is -0.774. The van der Waals surface area contributed by atoms with Crippen molar-refractivity contribution in [2.24, 2.45) is 0 Å². The summed E-state index contributed by atoms with van der Waals surface area (Å²) in [6.45, 7) is 6.67. The van der Waals surface area contributed by atoms with Crippen LogP contribution in [0.4, 0.5) is 0 Å². The Labute approximate surface area is 455 Å². The van der Waals surface area contributed by atoms with E-state index < -0.39 is 6.10 Å². The normalized spacial score (nSPS) is 12.2. The molecule has 0 fully saturated rings. The molecule has 0 amide bonds. The monoisotopic (exact) mass is 1020 g/mol. The van der Waals surface area contributed by atoms with E-state index in [0.29, 0.717) is 19.3 Å². The minimum absolute atomic E-state index is 0.0716. The number of ether oxygens (including phenoxy) is 3. The van der Waals surface area contributed by atoms with Gasteiger partial charge in [0.15, 0.2) is 6.10 Å². The third-order valence-electron chi connectivity index (χ3n) is 14.6. The third kappa shape index (κ3) is 60.4. The molecule has 0 N–H and O–H groups in total. The van der Waals surface area contributed by atoms with E-state index in [1.807, 2.05) is 0 Å². The predicted octanol–water partition coefficient (Wildman–Crippen LogP) is 22.0. The predicted molar refractivity (Wildman–Crippen MR) is 316 cm³/mol. The molecule has 0 aromatic heterocycles. The average Bonchev–Trinajstić information content (AvgIpc) is 3.39. The molecule has 0 saturated heterocycles. The third-order valence-corrected chi connectivity index (χ3v) is 14.6. The van der Waals surface area contributed by atoms with Gasteiger partial charge < -0.3 is 14.2 Å². The zero-order valence-corrected chi connectivity index (χ0v) is 49.2. The van der Waals surface area contributed by atoms with Gasteiger partial charge in [-0.2, -0.15) is 0 Å². The molecule has 0 aromatic rings. The lowest BCUT2D eigenvalue weighted by Crippen LogP contribution is -2.30. The van der Waals surface area contributed by atoms with Crippen LogP contribution in [0.2, 0.25) is 0 Å². The van der Waals surface area contributed by atoms with Crippen LogP contribution in [0.1, 0.15) is 355 Å². The molecule has 0 rings (SSSR count). The van der Waals surface area contributed by atoms with Gasteiger partial charge in [-0.1, -0.05) is 276 Å². The van der Waals surface area contributed by atoms with E-state index in [1.165, 1.54) is 257 Å². The van der Waals surface area contributed by atoms with Crippen molar-refractivity contribution < 1.29 is 28.6 Å². The Morgan fingerprint density at radius 2 is 0.452 bits per heavy atom. The summed E-state index contributed by atoms with van der Waals surface area (Å²) in [5.41, 5.74) is 0. The van der Waals surface area contributed by atoms with Crippen LogP contribution in [0.5, 0.6) is 0 Å². The molecule has 0 heterocycles. The lowest BCUT2D eigenvalue weighted by Gasteiger charge is -2.18. The zero-order chi connectivity index (χ0) is 52.9. The molecule has 0 aliphatic carbocycles. The molecule has 73 heavy (non-hydrogen) atoms. The highest BCUT2D eigenvalue weighted by atomic mass is 16.6. The van der Waals surface area contributed by atoms with Gasteiger partial charge in [0.2, 0.25) is 0 Å². The SMILES string of the molecule is CCCCCC/C=C\CCCCCCCCCC(=O)OC[C@@H](COC(=O)CCCCCCCCCCC/C=C\CCCCCCCC)OC(=O)CCCCCCCCCCCCC/C=C\CCCCCCCC. The maximum atomic E-state index is 12.9. The second-order valence-corrected chi connectivity index (χ2v) is 22.0. The number of hydrogen-bond acceptors (Lipinski definition) is 6. The van der Waals surface area contributed by atoms with E-state index >= 15 is 0 Å². The van der Waals surface area contributed by atoms with Gasteiger partial charge in [0, 0.05) is 19.3 Å². The van der Waals surface area contributed by atoms with Gasteiger partial charge in [-0.3, -0.25) is 14.4 Å². The average molecular weight is 1030 g/mol. The fraction of sp³-hybridized carbons (Fsp3) is 0.866. The number of esters is 3. The van der Waals surface area contributed by atoms with Crippen LogP contribution in [0.3, 0.4) is 0 Å². The van der Waals surface area contributed by atoms with Crippen molar-refractivity contribution in [3.8, 4) is 0 Å². The Bertz CT molecular complexity index is 1220. The maximum Gasteiger partial charge on any atom is 0.306 e. The summed E-state index contributed by atoms with van der Waals surface area (Å²) in [4.78, 5) is 38.3. The van der Waals surface area contributed by atoms with E-state index in [0.717, 1.165) is 57.8 Å². The molecule has 0 unspecified atom stereocenters. The summed E-state index contributed by atoms with van der Waals surface area (Å²) < 4.78 is 17.0. The summed E-state index contributed by atoms with van der Waals surface area (Å²) in [6, 6.07) is 0. The molecule has 6 heteroatoms. The van der Waals surface area contributed by atoms with Crippen LogP contribution in [-0.4, -0.2) is 37.2 Å². The molecule has 0 saturated carbocycles. The van der Waals surface area contributed by atoms with Crippen LogP contribution in [0, 0.1) is 0 Å². The number of allylic oxidation sites excluding steroid dienone is 6. The molecule has 0 spiro atoms. The van der Waals surface area contributed by atoms with Crippen LogP contribution < -0.4 is 0 Å². The van der Waals surface area contributed by atoms with Crippen molar-refractivity contribution in [3.05, 3.63) is 36.5 Å².